The van der Waals surface area contributed by atoms with E-state index in [1.165, 1.54) is 11.3 Å². The van der Waals surface area contributed by atoms with Crippen LogP contribution >= 0.6 is 0 Å². The number of aliphatic hydroxyl groups excluding tert-OH is 1. The highest BCUT2D eigenvalue weighted by molar-refractivity contribution is 5.95. The molecule has 1 unspecified atom stereocenters. The summed E-state index contributed by atoms with van der Waals surface area (Å²) in [6.45, 7) is 1.99. The van der Waals surface area contributed by atoms with Crippen LogP contribution in [0, 0.1) is 0 Å². The second kappa shape index (κ2) is 6.48. The first-order valence-corrected chi connectivity index (χ1v) is 8.08. The van der Waals surface area contributed by atoms with Gasteiger partial charge in [0.15, 0.2) is 0 Å². The lowest BCUT2D eigenvalue weighted by atomic mass is 9.96. The maximum Gasteiger partial charge on any atom is 0.254 e. The molecular formula is C17H24N2O2. The molecule has 2 aliphatic heterocycles. The third-order valence-corrected chi connectivity index (χ3v) is 4.64. The van der Waals surface area contributed by atoms with Gasteiger partial charge >= 0.3 is 0 Å². The number of hydrogen-bond acceptors (Lipinski definition) is 3. The highest BCUT2D eigenvalue weighted by atomic mass is 16.3. The molecule has 1 amide bonds. The molecule has 0 radical (unpaired) electrons. The number of carbonyl (C=O) groups excluding carboxylic acids is 1. The van der Waals surface area contributed by atoms with Gasteiger partial charge < -0.3 is 15.3 Å². The average molecular weight is 288 g/mol. The molecule has 1 aromatic carbocycles. The van der Waals surface area contributed by atoms with E-state index in [4.69, 9.17) is 0 Å². The number of fused-ring (bicyclic) bond motifs is 1. The van der Waals surface area contributed by atoms with Gasteiger partial charge in [-0.05, 0) is 62.3 Å². The van der Waals surface area contributed by atoms with Gasteiger partial charge in [0.25, 0.3) is 5.91 Å². The van der Waals surface area contributed by atoms with E-state index < -0.39 is 0 Å². The van der Waals surface area contributed by atoms with E-state index in [9.17, 15) is 9.90 Å². The number of carbonyl (C=O) groups is 1. The summed E-state index contributed by atoms with van der Waals surface area (Å²) in [5.74, 6) is 0.126. The van der Waals surface area contributed by atoms with Crippen LogP contribution in [0.5, 0.6) is 0 Å². The van der Waals surface area contributed by atoms with Gasteiger partial charge in [-0.1, -0.05) is 0 Å². The molecule has 21 heavy (non-hydrogen) atoms. The molecule has 1 saturated heterocycles. The minimum atomic E-state index is 0.126. The highest BCUT2D eigenvalue weighted by Crippen LogP contribution is 2.26. The number of hydrogen-bond donors (Lipinski definition) is 2. The van der Waals surface area contributed by atoms with Crippen LogP contribution in [0.2, 0.25) is 0 Å². The maximum atomic E-state index is 12.8. The molecule has 0 aromatic heterocycles. The van der Waals surface area contributed by atoms with Gasteiger partial charge in [0.1, 0.15) is 0 Å². The summed E-state index contributed by atoms with van der Waals surface area (Å²) in [5.41, 5.74) is 3.22. The standard InChI is InChI=1S/C17H24N2O2/c20-11-8-15-5-1-2-10-19(15)17(21)14-6-7-16-13(12-14)4-3-9-18-16/h6-7,12,15,18,20H,1-5,8-11H2. The normalized spacial score (nSPS) is 21.6. The average Bonchev–Trinajstić information content (AvgIpc) is 2.54. The first-order valence-electron chi connectivity index (χ1n) is 8.08. The zero-order valence-electron chi connectivity index (χ0n) is 12.5. The molecule has 2 N–H and O–H groups in total. The number of benzene rings is 1. The van der Waals surface area contributed by atoms with Crippen LogP contribution < -0.4 is 5.32 Å². The third-order valence-electron chi connectivity index (χ3n) is 4.64. The smallest absolute Gasteiger partial charge is 0.254 e. The third kappa shape index (κ3) is 3.05. The van der Waals surface area contributed by atoms with Gasteiger partial charge in [-0.25, -0.2) is 0 Å². The van der Waals surface area contributed by atoms with Crippen LogP contribution in [0.4, 0.5) is 5.69 Å². The van der Waals surface area contributed by atoms with E-state index in [-0.39, 0.29) is 18.6 Å². The number of rotatable bonds is 3. The minimum Gasteiger partial charge on any atom is -0.396 e. The SMILES string of the molecule is O=C(c1ccc2c(c1)CCCN2)N1CCCCC1CCO. The van der Waals surface area contributed by atoms with Gasteiger partial charge in [0.2, 0.25) is 0 Å². The molecule has 0 spiro atoms. The van der Waals surface area contributed by atoms with Gasteiger partial charge in [0.05, 0.1) is 0 Å². The van der Waals surface area contributed by atoms with E-state index in [1.807, 2.05) is 17.0 Å². The summed E-state index contributed by atoms with van der Waals surface area (Å²) < 4.78 is 0. The van der Waals surface area contributed by atoms with Crippen molar-refractivity contribution >= 4 is 11.6 Å². The Labute approximate surface area is 126 Å². The minimum absolute atomic E-state index is 0.126. The van der Waals surface area contributed by atoms with Crippen LogP contribution in [0.1, 0.15) is 48.0 Å². The van der Waals surface area contributed by atoms with E-state index in [1.54, 1.807) is 0 Å². The Morgan fingerprint density at radius 1 is 1.33 bits per heavy atom. The van der Waals surface area contributed by atoms with Crippen molar-refractivity contribution in [2.75, 3.05) is 25.0 Å². The van der Waals surface area contributed by atoms with Gasteiger partial charge in [-0.15, -0.1) is 0 Å². The fourth-order valence-corrected chi connectivity index (χ4v) is 3.49. The van der Waals surface area contributed by atoms with Crippen molar-refractivity contribution in [3.63, 3.8) is 0 Å². The van der Waals surface area contributed by atoms with Crippen LogP contribution in [0.15, 0.2) is 18.2 Å². The monoisotopic (exact) mass is 288 g/mol. The number of nitrogens with zero attached hydrogens (tertiary/aromatic N) is 1. The molecule has 114 valence electrons. The van der Waals surface area contributed by atoms with Gasteiger partial charge in [-0.2, -0.15) is 0 Å². The van der Waals surface area contributed by atoms with Gasteiger partial charge in [-0.3, -0.25) is 4.79 Å². The lowest BCUT2D eigenvalue weighted by Gasteiger charge is -2.36. The second-order valence-corrected chi connectivity index (χ2v) is 6.06. The number of piperidine rings is 1. The van der Waals surface area contributed by atoms with Gasteiger partial charge in [0, 0.05) is 37.0 Å². The molecule has 1 fully saturated rings. The number of likely N-dealkylation sites (tertiary alicyclic amines) is 1. The van der Waals surface area contributed by atoms with E-state index in [0.717, 1.165) is 50.8 Å². The summed E-state index contributed by atoms with van der Waals surface area (Å²) in [6, 6.07) is 6.22. The van der Waals surface area contributed by atoms with E-state index >= 15 is 0 Å². The van der Waals surface area contributed by atoms with Crippen molar-refractivity contribution in [2.24, 2.45) is 0 Å². The Morgan fingerprint density at radius 3 is 3.10 bits per heavy atom. The lowest BCUT2D eigenvalue weighted by molar-refractivity contribution is 0.0574. The first-order chi connectivity index (χ1) is 10.3. The van der Waals surface area contributed by atoms with Crippen molar-refractivity contribution in [1.29, 1.82) is 0 Å². The molecule has 0 bridgehead atoms. The second-order valence-electron chi connectivity index (χ2n) is 6.06. The highest BCUT2D eigenvalue weighted by Gasteiger charge is 2.27. The summed E-state index contributed by atoms with van der Waals surface area (Å²) in [4.78, 5) is 14.8. The Bertz CT molecular complexity index is 514. The van der Waals surface area contributed by atoms with Crippen molar-refractivity contribution < 1.29 is 9.90 Å². The predicted octanol–water partition coefficient (Wildman–Crippen LogP) is 2.42. The number of aryl methyl sites for hydroxylation is 1. The fourth-order valence-electron chi connectivity index (χ4n) is 3.49. The van der Waals surface area contributed by atoms with Crippen LogP contribution in [-0.4, -0.2) is 41.7 Å². The molecular weight excluding hydrogens is 264 g/mol. The van der Waals surface area contributed by atoms with E-state index in [0.29, 0.717) is 6.42 Å². The largest absolute Gasteiger partial charge is 0.396 e. The summed E-state index contributed by atoms with van der Waals surface area (Å²) in [5, 5.41) is 12.6. The maximum absolute atomic E-state index is 12.8. The van der Waals surface area contributed by atoms with E-state index in [2.05, 4.69) is 11.4 Å². The Morgan fingerprint density at radius 2 is 2.24 bits per heavy atom. The van der Waals surface area contributed by atoms with Crippen molar-refractivity contribution in [3.05, 3.63) is 29.3 Å². The Kier molecular flexibility index (Phi) is 4.44. The molecule has 2 aliphatic rings. The summed E-state index contributed by atoms with van der Waals surface area (Å²) in [7, 11) is 0. The predicted molar refractivity (Wildman–Crippen MR) is 83.6 cm³/mol. The molecule has 1 aromatic rings. The lowest BCUT2D eigenvalue weighted by Crippen LogP contribution is -2.44. The Hall–Kier alpha value is -1.55. The topological polar surface area (TPSA) is 52.6 Å². The number of nitrogens with one attached hydrogen (secondary N) is 1. The number of amides is 1. The molecule has 1 atom stereocenters. The fraction of sp³-hybridized carbons (Fsp3) is 0.588. The van der Waals surface area contributed by atoms with Crippen LogP contribution in [0.3, 0.4) is 0 Å². The molecule has 3 rings (SSSR count). The molecule has 4 heteroatoms. The molecule has 4 nitrogen and oxygen atoms in total. The zero-order chi connectivity index (χ0) is 14.7. The summed E-state index contributed by atoms with van der Waals surface area (Å²) >= 11 is 0. The van der Waals surface area contributed by atoms with Crippen molar-refractivity contribution in [1.82, 2.24) is 4.90 Å². The quantitative estimate of drug-likeness (QED) is 0.898. The molecule has 2 heterocycles. The Balaban J connectivity index is 1.80. The number of aliphatic hydroxyl groups is 1. The van der Waals surface area contributed by atoms with Crippen molar-refractivity contribution in [2.45, 2.75) is 44.6 Å². The zero-order valence-corrected chi connectivity index (χ0v) is 12.5. The van der Waals surface area contributed by atoms with Crippen LogP contribution in [0.25, 0.3) is 0 Å². The summed E-state index contributed by atoms with van der Waals surface area (Å²) in [6.07, 6.45) is 6.10. The molecule has 0 saturated carbocycles. The number of anilines is 1. The van der Waals surface area contributed by atoms with Crippen LogP contribution in [-0.2, 0) is 6.42 Å². The first kappa shape index (κ1) is 14.4. The molecule has 0 aliphatic carbocycles. The van der Waals surface area contributed by atoms with Crippen molar-refractivity contribution in [3.8, 4) is 0 Å².